The van der Waals surface area contributed by atoms with E-state index in [9.17, 15) is 9.90 Å². The zero-order valence-corrected chi connectivity index (χ0v) is 18.1. The van der Waals surface area contributed by atoms with Gasteiger partial charge < -0.3 is 19.8 Å². The van der Waals surface area contributed by atoms with E-state index in [0.29, 0.717) is 19.5 Å². The van der Waals surface area contributed by atoms with Gasteiger partial charge in [0.2, 0.25) is 5.91 Å². The SMILES string of the molecule is CCN(CCN(C)C)C(=O)CCCc1cc(C=NCC(O)CN(C)C)ccn1. The molecule has 0 aliphatic carbocycles. The summed E-state index contributed by atoms with van der Waals surface area (Å²) in [6, 6.07) is 3.90. The first kappa shape index (κ1) is 24.2. The minimum atomic E-state index is -0.465. The molecule has 1 atom stereocenters. The van der Waals surface area contributed by atoms with Crippen molar-refractivity contribution in [3.05, 3.63) is 29.6 Å². The molecule has 7 nitrogen and oxygen atoms in total. The van der Waals surface area contributed by atoms with Crippen LogP contribution >= 0.6 is 0 Å². The standard InChI is InChI=1S/C21H37N5O2/c1-6-26(13-12-24(2)3)21(28)9-7-8-19-14-18(10-11-23-19)15-22-16-20(27)17-25(4)5/h10-11,14-15,20,27H,6-9,12-13,16-17H2,1-5H3. The highest BCUT2D eigenvalue weighted by Gasteiger charge is 2.11. The van der Waals surface area contributed by atoms with E-state index in [1.165, 1.54) is 0 Å². The number of carbonyl (C=O) groups excluding carboxylic acids is 1. The Bertz CT molecular complexity index is 604. The first-order chi connectivity index (χ1) is 13.3. The molecule has 158 valence electrons. The second-order valence-electron chi connectivity index (χ2n) is 7.62. The number of carbonyl (C=O) groups is 1. The maximum atomic E-state index is 12.4. The number of nitrogens with zero attached hydrogens (tertiary/aromatic N) is 5. The van der Waals surface area contributed by atoms with Crippen LogP contribution in [0.25, 0.3) is 0 Å². The number of amides is 1. The van der Waals surface area contributed by atoms with Gasteiger partial charge in [0.15, 0.2) is 0 Å². The van der Waals surface area contributed by atoms with Gasteiger partial charge in [0.05, 0.1) is 12.6 Å². The van der Waals surface area contributed by atoms with Crippen molar-refractivity contribution in [2.75, 3.05) is 60.9 Å². The van der Waals surface area contributed by atoms with E-state index in [1.54, 1.807) is 12.4 Å². The smallest absolute Gasteiger partial charge is 0.222 e. The lowest BCUT2D eigenvalue weighted by Gasteiger charge is -2.22. The summed E-state index contributed by atoms with van der Waals surface area (Å²) < 4.78 is 0. The Balaban J connectivity index is 2.44. The predicted molar refractivity (Wildman–Crippen MR) is 115 cm³/mol. The molecule has 1 aromatic heterocycles. The Morgan fingerprint density at radius 3 is 2.64 bits per heavy atom. The van der Waals surface area contributed by atoms with E-state index >= 15 is 0 Å². The van der Waals surface area contributed by atoms with Crippen LogP contribution in [-0.4, -0.2) is 104 Å². The van der Waals surface area contributed by atoms with Gasteiger partial charge in [-0.05, 0) is 65.7 Å². The van der Waals surface area contributed by atoms with Crippen molar-refractivity contribution in [2.24, 2.45) is 4.99 Å². The number of aromatic nitrogens is 1. The van der Waals surface area contributed by atoms with E-state index in [0.717, 1.165) is 43.7 Å². The molecule has 0 saturated carbocycles. The van der Waals surface area contributed by atoms with Crippen LogP contribution in [0, 0.1) is 0 Å². The number of likely N-dealkylation sites (N-methyl/N-ethyl adjacent to an activating group) is 3. The molecule has 1 unspecified atom stereocenters. The van der Waals surface area contributed by atoms with Crippen molar-refractivity contribution in [1.29, 1.82) is 0 Å². The van der Waals surface area contributed by atoms with Gasteiger partial charge >= 0.3 is 0 Å². The second-order valence-corrected chi connectivity index (χ2v) is 7.62. The van der Waals surface area contributed by atoms with E-state index in [1.807, 2.05) is 57.0 Å². The molecule has 0 aliphatic heterocycles. The van der Waals surface area contributed by atoms with Crippen molar-refractivity contribution >= 4 is 12.1 Å². The summed E-state index contributed by atoms with van der Waals surface area (Å²) in [5.74, 6) is 0.206. The minimum absolute atomic E-state index is 0.206. The van der Waals surface area contributed by atoms with Crippen LogP contribution in [0.1, 0.15) is 31.0 Å². The number of hydrogen-bond donors (Lipinski definition) is 1. The lowest BCUT2D eigenvalue weighted by atomic mass is 10.1. The third-order valence-corrected chi connectivity index (χ3v) is 4.35. The monoisotopic (exact) mass is 391 g/mol. The summed E-state index contributed by atoms with van der Waals surface area (Å²) in [5, 5.41) is 9.85. The predicted octanol–water partition coefficient (Wildman–Crippen LogP) is 1.16. The Kier molecular flexibility index (Phi) is 11.6. The maximum absolute atomic E-state index is 12.4. The minimum Gasteiger partial charge on any atom is -0.390 e. The molecule has 1 rings (SSSR count). The van der Waals surface area contributed by atoms with Gasteiger partial charge in [-0.3, -0.25) is 14.8 Å². The first-order valence-corrected chi connectivity index (χ1v) is 10.0. The summed E-state index contributed by atoms with van der Waals surface area (Å²) in [5.41, 5.74) is 1.93. The molecule has 1 N–H and O–H groups in total. The van der Waals surface area contributed by atoms with Crippen LogP contribution in [0.3, 0.4) is 0 Å². The Hall–Kier alpha value is -1.83. The van der Waals surface area contributed by atoms with Gasteiger partial charge in [0.1, 0.15) is 0 Å². The molecule has 1 aromatic rings. The highest BCUT2D eigenvalue weighted by Crippen LogP contribution is 2.07. The Morgan fingerprint density at radius 2 is 2.00 bits per heavy atom. The number of aryl methyl sites for hydroxylation is 1. The lowest BCUT2D eigenvalue weighted by molar-refractivity contribution is -0.131. The first-order valence-electron chi connectivity index (χ1n) is 10.0. The van der Waals surface area contributed by atoms with Crippen molar-refractivity contribution in [1.82, 2.24) is 19.7 Å². The molecular weight excluding hydrogens is 354 g/mol. The molecule has 7 heteroatoms. The van der Waals surface area contributed by atoms with Crippen LogP contribution in [0.2, 0.25) is 0 Å². The summed E-state index contributed by atoms with van der Waals surface area (Å²) in [6.45, 7) is 5.39. The number of pyridine rings is 1. The summed E-state index contributed by atoms with van der Waals surface area (Å²) in [7, 11) is 7.88. The van der Waals surface area contributed by atoms with E-state index in [2.05, 4.69) is 14.9 Å². The van der Waals surface area contributed by atoms with Crippen molar-refractivity contribution in [2.45, 2.75) is 32.3 Å². The average Bonchev–Trinajstić information content (AvgIpc) is 2.61. The molecule has 0 spiro atoms. The van der Waals surface area contributed by atoms with Gasteiger partial charge in [0.25, 0.3) is 0 Å². The topological polar surface area (TPSA) is 72.3 Å². The highest BCUT2D eigenvalue weighted by atomic mass is 16.3. The Morgan fingerprint density at radius 1 is 1.25 bits per heavy atom. The Labute approximate surface area is 170 Å². The molecule has 0 aromatic carbocycles. The van der Waals surface area contributed by atoms with Crippen molar-refractivity contribution < 1.29 is 9.90 Å². The van der Waals surface area contributed by atoms with Crippen molar-refractivity contribution in [3.63, 3.8) is 0 Å². The maximum Gasteiger partial charge on any atom is 0.222 e. The largest absolute Gasteiger partial charge is 0.390 e. The summed E-state index contributed by atoms with van der Waals surface area (Å²) in [6.07, 6.45) is 5.17. The van der Waals surface area contributed by atoms with Crippen LogP contribution < -0.4 is 0 Å². The number of hydrogen-bond acceptors (Lipinski definition) is 6. The number of aliphatic hydroxyl groups is 1. The molecule has 0 saturated heterocycles. The third-order valence-electron chi connectivity index (χ3n) is 4.35. The zero-order valence-electron chi connectivity index (χ0n) is 18.1. The van der Waals surface area contributed by atoms with Gasteiger partial charge in [-0.15, -0.1) is 0 Å². The summed E-state index contributed by atoms with van der Waals surface area (Å²) in [4.78, 5) is 27.0. The number of rotatable bonds is 13. The number of aliphatic imine (C=N–C) groups is 1. The van der Waals surface area contributed by atoms with Gasteiger partial charge in [-0.1, -0.05) is 0 Å². The van der Waals surface area contributed by atoms with Crippen LogP contribution in [0.5, 0.6) is 0 Å². The molecule has 0 aliphatic rings. The van der Waals surface area contributed by atoms with Crippen LogP contribution in [0.15, 0.2) is 23.3 Å². The average molecular weight is 392 g/mol. The number of aliphatic hydroxyl groups excluding tert-OH is 1. The lowest BCUT2D eigenvalue weighted by Crippen LogP contribution is -2.36. The quantitative estimate of drug-likeness (QED) is 0.511. The third kappa shape index (κ3) is 10.5. The molecule has 28 heavy (non-hydrogen) atoms. The molecule has 1 heterocycles. The molecule has 0 fully saturated rings. The molecular formula is C21H37N5O2. The van der Waals surface area contributed by atoms with Crippen LogP contribution in [-0.2, 0) is 11.2 Å². The van der Waals surface area contributed by atoms with E-state index in [-0.39, 0.29) is 5.91 Å². The van der Waals surface area contributed by atoms with Gasteiger partial charge in [-0.2, -0.15) is 0 Å². The van der Waals surface area contributed by atoms with Crippen LogP contribution in [0.4, 0.5) is 0 Å². The fourth-order valence-electron chi connectivity index (χ4n) is 2.83. The normalized spacial score (nSPS) is 12.9. The fraction of sp³-hybridized carbons (Fsp3) is 0.667. The molecule has 0 radical (unpaired) electrons. The highest BCUT2D eigenvalue weighted by molar-refractivity contribution is 5.79. The van der Waals surface area contributed by atoms with Gasteiger partial charge in [0, 0.05) is 50.7 Å². The fourth-order valence-corrected chi connectivity index (χ4v) is 2.83. The van der Waals surface area contributed by atoms with E-state index < -0.39 is 6.10 Å². The van der Waals surface area contributed by atoms with E-state index in [4.69, 9.17) is 0 Å². The summed E-state index contributed by atoms with van der Waals surface area (Å²) >= 11 is 0. The zero-order chi connectivity index (χ0) is 20.9. The second kappa shape index (κ2) is 13.4. The van der Waals surface area contributed by atoms with Crippen molar-refractivity contribution in [3.8, 4) is 0 Å². The molecule has 0 bridgehead atoms. The molecule has 1 amide bonds. The van der Waals surface area contributed by atoms with Gasteiger partial charge in [-0.25, -0.2) is 0 Å².